The van der Waals surface area contributed by atoms with Gasteiger partial charge >= 0.3 is 5.97 Å². The third-order valence-electron chi connectivity index (χ3n) is 2.70. The molecule has 114 valence electrons. The summed E-state index contributed by atoms with van der Waals surface area (Å²) in [5.41, 5.74) is 0.330. The van der Waals surface area contributed by atoms with E-state index in [-0.39, 0.29) is 12.3 Å². The quantitative estimate of drug-likeness (QED) is 0.447. The first-order valence-corrected chi connectivity index (χ1v) is 7.19. The molecule has 0 unspecified atom stereocenters. The van der Waals surface area contributed by atoms with E-state index in [0.717, 1.165) is 0 Å². The molecule has 2 rings (SSSR count). The van der Waals surface area contributed by atoms with Crippen LogP contribution in [0.15, 0.2) is 46.9 Å². The number of nitrogens with zero attached hydrogens (tertiary/aromatic N) is 1. The van der Waals surface area contributed by atoms with Crippen molar-refractivity contribution in [2.24, 2.45) is 0 Å². The average molecular weight is 366 g/mol. The Labute approximate surface area is 134 Å². The van der Waals surface area contributed by atoms with Crippen molar-refractivity contribution in [3.8, 4) is 11.5 Å². The normalized spacial score (nSPS) is 10.1. The van der Waals surface area contributed by atoms with Gasteiger partial charge in [-0.1, -0.05) is 6.07 Å². The molecule has 0 N–H and O–H groups in total. The molecule has 0 saturated carbocycles. The molecule has 0 bridgehead atoms. The number of carbonyl (C=O) groups excluding carboxylic acids is 1. The second-order valence-electron chi connectivity index (χ2n) is 4.22. The van der Waals surface area contributed by atoms with E-state index in [9.17, 15) is 14.9 Å². The molecule has 0 saturated heterocycles. The van der Waals surface area contributed by atoms with Crippen molar-refractivity contribution in [2.45, 2.75) is 6.92 Å². The lowest BCUT2D eigenvalue weighted by Gasteiger charge is -2.09. The summed E-state index contributed by atoms with van der Waals surface area (Å²) in [4.78, 5) is 21.9. The van der Waals surface area contributed by atoms with Crippen LogP contribution < -0.4 is 4.74 Å². The molecule has 0 aliphatic carbocycles. The number of hydrogen-bond donors (Lipinski definition) is 0. The summed E-state index contributed by atoms with van der Waals surface area (Å²) >= 11 is 3.22. The van der Waals surface area contributed by atoms with Gasteiger partial charge in [0.05, 0.1) is 21.6 Å². The average Bonchev–Trinajstić information content (AvgIpc) is 2.49. The Morgan fingerprint density at radius 2 is 2.05 bits per heavy atom. The Hall–Kier alpha value is -2.41. The minimum absolute atomic E-state index is 0.0421. The summed E-state index contributed by atoms with van der Waals surface area (Å²) in [5.74, 6) is 0.405. The second-order valence-corrected chi connectivity index (χ2v) is 5.08. The van der Waals surface area contributed by atoms with E-state index in [0.29, 0.717) is 21.5 Å². The van der Waals surface area contributed by atoms with Crippen molar-refractivity contribution in [3.63, 3.8) is 0 Å². The van der Waals surface area contributed by atoms with Crippen molar-refractivity contribution in [3.05, 3.63) is 62.6 Å². The van der Waals surface area contributed by atoms with E-state index in [1.165, 1.54) is 18.2 Å². The van der Waals surface area contributed by atoms with Crippen LogP contribution in [0.2, 0.25) is 0 Å². The van der Waals surface area contributed by atoms with Gasteiger partial charge in [-0.2, -0.15) is 0 Å². The number of hydrogen-bond acceptors (Lipinski definition) is 5. The lowest BCUT2D eigenvalue weighted by atomic mass is 10.2. The molecule has 0 fully saturated rings. The third kappa shape index (κ3) is 3.82. The Morgan fingerprint density at radius 3 is 2.68 bits per heavy atom. The lowest BCUT2D eigenvalue weighted by molar-refractivity contribution is -0.384. The highest BCUT2D eigenvalue weighted by Gasteiger charge is 2.12. The zero-order valence-electron chi connectivity index (χ0n) is 11.6. The molecule has 2 aromatic carbocycles. The Balaban J connectivity index is 2.22. The summed E-state index contributed by atoms with van der Waals surface area (Å²) in [5, 5.41) is 10.7. The molecule has 0 aromatic heterocycles. The zero-order valence-corrected chi connectivity index (χ0v) is 13.2. The van der Waals surface area contributed by atoms with Gasteiger partial charge in [0, 0.05) is 12.1 Å². The van der Waals surface area contributed by atoms with Crippen LogP contribution in [-0.4, -0.2) is 17.5 Å². The standard InChI is InChI=1S/C15H12BrNO5/c1-2-21-15(18)10-4-3-5-12(8-10)22-14-7-6-11(17(19)20)9-13(14)16/h3-9H,2H2,1H3. The molecule has 6 nitrogen and oxygen atoms in total. The number of nitro benzene ring substituents is 1. The van der Waals surface area contributed by atoms with E-state index in [4.69, 9.17) is 9.47 Å². The van der Waals surface area contributed by atoms with Gasteiger partial charge in [-0.25, -0.2) is 4.79 Å². The molecule has 2 aromatic rings. The number of esters is 1. The van der Waals surface area contributed by atoms with Crippen LogP contribution in [0, 0.1) is 10.1 Å². The van der Waals surface area contributed by atoms with Gasteiger partial charge < -0.3 is 9.47 Å². The van der Waals surface area contributed by atoms with Crippen LogP contribution in [0.5, 0.6) is 11.5 Å². The zero-order chi connectivity index (χ0) is 16.1. The number of ether oxygens (including phenoxy) is 2. The first-order chi connectivity index (χ1) is 10.5. The van der Waals surface area contributed by atoms with Crippen molar-refractivity contribution >= 4 is 27.6 Å². The summed E-state index contributed by atoms with van der Waals surface area (Å²) in [6.07, 6.45) is 0. The van der Waals surface area contributed by atoms with E-state index < -0.39 is 10.9 Å². The maximum Gasteiger partial charge on any atom is 0.338 e. The lowest BCUT2D eigenvalue weighted by Crippen LogP contribution is -2.04. The minimum Gasteiger partial charge on any atom is -0.462 e. The van der Waals surface area contributed by atoms with Gasteiger partial charge in [-0.3, -0.25) is 10.1 Å². The molecule has 0 aliphatic heterocycles. The van der Waals surface area contributed by atoms with Gasteiger partial charge in [0.15, 0.2) is 0 Å². The molecular weight excluding hydrogens is 354 g/mol. The molecule has 0 aliphatic rings. The molecule has 0 heterocycles. The highest BCUT2D eigenvalue weighted by Crippen LogP contribution is 2.32. The Morgan fingerprint density at radius 1 is 1.27 bits per heavy atom. The number of nitro groups is 1. The number of non-ortho nitro benzene ring substituents is 1. The van der Waals surface area contributed by atoms with Crippen molar-refractivity contribution < 1.29 is 19.2 Å². The van der Waals surface area contributed by atoms with Crippen LogP contribution in [0.25, 0.3) is 0 Å². The predicted molar refractivity (Wildman–Crippen MR) is 83.3 cm³/mol. The summed E-state index contributed by atoms with van der Waals surface area (Å²) in [6, 6.07) is 10.7. The number of benzene rings is 2. The second kappa shape index (κ2) is 7.04. The van der Waals surface area contributed by atoms with Gasteiger partial charge in [0.25, 0.3) is 5.69 Å². The van der Waals surface area contributed by atoms with Gasteiger partial charge in [0.1, 0.15) is 11.5 Å². The molecule has 7 heteroatoms. The first-order valence-electron chi connectivity index (χ1n) is 6.40. The predicted octanol–water partition coefficient (Wildman–Crippen LogP) is 4.33. The molecule has 0 atom stereocenters. The maximum absolute atomic E-state index is 11.7. The fourth-order valence-corrected chi connectivity index (χ4v) is 2.16. The smallest absolute Gasteiger partial charge is 0.338 e. The molecule has 22 heavy (non-hydrogen) atoms. The summed E-state index contributed by atoms with van der Waals surface area (Å²) < 4.78 is 11.0. The highest BCUT2D eigenvalue weighted by molar-refractivity contribution is 9.10. The van der Waals surface area contributed by atoms with Crippen LogP contribution in [-0.2, 0) is 4.74 Å². The topological polar surface area (TPSA) is 78.7 Å². The van der Waals surface area contributed by atoms with Gasteiger partial charge in [-0.05, 0) is 47.1 Å². The van der Waals surface area contributed by atoms with Crippen molar-refractivity contribution in [2.75, 3.05) is 6.61 Å². The van der Waals surface area contributed by atoms with Crippen LogP contribution in [0.4, 0.5) is 5.69 Å². The third-order valence-corrected chi connectivity index (χ3v) is 3.32. The Bertz CT molecular complexity index is 717. The van der Waals surface area contributed by atoms with Crippen LogP contribution in [0.1, 0.15) is 17.3 Å². The summed E-state index contributed by atoms with van der Waals surface area (Å²) in [6.45, 7) is 2.02. The van der Waals surface area contributed by atoms with Gasteiger partial charge in [0.2, 0.25) is 0 Å². The fourth-order valence-electron chi connectivity index (χ4n) is 1.71. The first kappa shape index (κ1) is 16.0. The maximum atomic E-state index is 11.7. The monoisotopic (exact) mass is 365 g/mol. The number of carbonyl (C=O) groups is 1. The van der Waals surface area contributed by atoms with E-state index in [2.05, 4.69) is 15.9 Å². The number of rotatable bonds is 5. The van der Waals surface area contributed by atoms with Crippen molar-refractivity contribution in [1.82, 2.24) is 0 Å². The van der Waals surface area contributed by atoms with Gasteiger partial charge in [-0.15, -0.1) is 0 Å². The molecular formula is C15H12BrNO5. The van der Waals surface area contributed by atoms with Crippen molar-refractivity contribution in [1.29, 1.82) is 0 Å². The highest BCUT2D eigenvalue weighted by atomic mass is 79.9. The molecule has 0 amide bonds. The SMILES string of the molecule is CCOC(=O)c1cccc(Oc2ccc([N+](=O)[O-])cc2Br)c1. The van der Waals surface area contributed by atoms with E-state index in [1.807, 2.05) is 0 Å². The number of halogens is 1. The summed E-state index contributed by atoms with van der Waals surface area (Å²) in [7, 11) is 0. The Kier molecular flexibility index (Phi) is 5.11. The van der Waals surface area contributed by atoms with E-state index in [1.54, 1.807) is 31.2 Å². The molecule has 0 radical (unpaired) electrons. The van der Waals surface area contributed by atoms with Crippen LogP contribution >= 0.6 is 15.9 Å². The van der Waals surface area contributed by atoms with E-state index >= 15 is 0 Å². The fraction of sp³-hybridized carbons (Fsp3) is 0.133. The largest absolute Gasteiger partial charge is 0.462 e. The van der Waals surface area contributed by atoms with Crippen LogP contribution in [0.3, 0.4) is 0 Å². The minimum atomic E-state index is -0.490. The molecule has 0 spiro atoms.